The summed E-state index contributed by atoms with van der Waals surface area (Å²) in [7, 11) is 10.3. The van der Waals surface area contributed by atoms with E-state index in [9.17, 15) is 0 Å². The maximum atomic E-state index is 7.55. The van der Waals surface area contributed by atoms with Gasteiger partial charge in [0, 0.05) is 90.6 Å². The first-order chi connectivity index (χ1) is 53.2. The van der Waals surface area contributed by atoms with E-state index in [1.165, 1.54) is 156 Å². The highest BCUT2D eigenvalue weighted by molar-refractivity contribution is 5.79. The molecule has 0 amide bonds. The number of rotatable bonds is 10. The summed E-state index contributed by atoms with van der Waals surface area (Å²) in [6.07, 6.45) is 10.4. The van der Waals surface area contributed by atoms with Crippen LogP contribution >= 0.6 is 0 Å². The fraction of sp³-hybridized carbons (Fsp3) is 0.175. The van der Waals surface area contributed by atoms with E-state index < -0.39 is 6.85 Å². The third kappa shape index (κ3) is 18.8. The van der Waals surface area contributed by atoms with Crippen molar-refractivity contribution in [3.63, 3.8) is 0 Å². The van der Waals surface area contributed by atoms with Crippen LogP contribution < -0.4 is 22.8 Å². The molecule has 0 saturated carbocycles. The molecule has 0 aliphatic heterocycles. The minimum absolute atomic E-state index is 0.352. The van der Waals surface area contributed by atoms with Gasteiger partial charge in [0.05, 0.1) is 0 Å². The van der Waals surface area contributed by atoms with Gasteiger partial charge in [-0.2, -0.15) is 0 Å². The van der Waals surface area contributed by atoms with Crippen molar-refractivity contribution in [2.24, 2.45) is 35.2 Å². The van der Waals surface area contributed by atoms with Gasteiger partial charge < -0.3 is 0 Å². The lowest BCUT2D eigenvalue weighted by atomic mass is 9.93. The van der Waals surface area contributed by atoms with Crippen LogP contribution in [0.2, 0.25) is 0 Å². The van der Waals surface area contributed by atoms with Crippen LogP contribution in [0, 0.1) is 89.9 Å². The van der Waals surface area contributed by atoms with Crippen LogP contribution in [0.15, 0.2) is 316 Å². The molecule has 5 heteroatoms. The first-order valence-electron chi connectivity index (χ1n) is 38.9. The third-order valence-electron chi connectivity index (χ3n) is 20.7. The van der Waals surface area contributed by atoms with E-state index >= 15 is 0 Å². The summed E-state index contributed by atoms with van der Waals surface area (Å²) in [4.78, 5) is 0. The van der Waals surface area contributed by atoms with Crippen molar-refractivity contribution >= 4 is 0 Å². The summed E-state index contributed by atoms with van der Waals surface area (Å²) in [6, 6.07) is 100. The molecule has 0 fully saturated rings. The zero-order valence-electron chi connectivity index (χ0n) is 69.3. The molecule has 0 N–H and O–H groups in total. The lowest BCUT2D eigenvalue weighted by Crippen LogP contribution is -2.31. The maximum absolute atomic E-state index is 7.55. The van der Waals surface area contributed by atoms with Gasteiger partial charge in [-0.15, -0.1) is 0 Å². The smallest absolute Gasteiger partial charge is 0.201 e. The topological polar surface area (TPSA) is 19.4 Å². The Morgan fingerprint density at radius 1 is 0.185 bits per heavy atom. The maximum Gasteiger partial charge on any atom is 0.212 e. The normalized spacial score (nSPS) is 11.2. The van der Waals surface area contributed by atoms with Gasteiger partial charge in [0.2, 0.25) is 28.5 Å². The van der Waals surface area contributed by atoms with Crippen molar-refractivity contribution in [3.8, 4) is 112 Å². The van der Waals surface area contributed by atoms with E-state index in [0.717, 1.165) is 22.4 Å². The van der Waals surface area contributed by atoms with Crippen LogP contribution in [-0.2, 0) is 35.2 Å². The van der Waals surface area contributed by atoms with Gasteiger partial charge in [0.15, 0.2) is 31.0 Å². The number of aromatic nitrogens is 5. The molecule has 0 bridgehead atoms. The highest BCUT2D eigenvalue weighted by Gasteiger charge is 2.21. The fourth-order valence-electron chi connectivity index (χ4n) is 14.3. The molecule has 15 rings (SSSR count). The van der Waals surface area contributed by atoms with Gasteiger partial charge >= 0.3 is 0 Å². The minimum Gasteiger partial charge on any atom is -0.201 e. The highest BCUT2D eigenvalue weighted by atomic mass is 14.9. The Balaban J connectivity index is 0.000000137. The predicted octanol–water partition coefficient (Wildman–Crippen LogP) is 23.2. The van der Waals surface area contributed by atoms with Crippen molar-refractivity contribution in [1.29, 1.82) is 0 Å². The second-order valence-corrected chi connectivity index (χ2v) is 29.0. The lowest BCUT2D eigenvalue weighted by Gasteiger charge is -2.12. The molecule has 0 aliphatic carbocycles. The Kier molecular flexibility index (Phi) is 23.9. The molecule has 108 heavy (non-hydrogen) atoms. The van der Waals surface area contributed by atoms with Crippen LogP contribution in [0.1, 0.15) is 76.4 Å². The van der Waals surface area contributed by atoms with Crippen LogP contribution in [0.5, 0.6) is 0 Å². The van der Waals surface area contributed by atoms with Gasteiger partial charge in [-0.1, -0.05) is 200 Å². The molecular formula is C103H106N5+5. The average Bonchev–Trinajstić information content (AvgIpc) is 0.812. The molecule has 10 aromatic carbocycles. The van der Waals surface area contributed by atoms with Crippen molar-refractivity contribution in [2.45, 2.75) is 89.9 Å². The predicted molar refractivity (Wildman–Crippen MR) is 454 cm³/mol. The molecule has 5 heterocycles. The molecule has 5 aromatic heterocycles. The average molecular weight is 1420 g/mol. The van der Waals surface area contributed by atoms with E-state index in [-0.39, 0.29) is 0 Å². The Morgan fingerprint density at radius 2 is 0.481 bits per heavy atom. The molecule has 0 saturated heterocycles. The van der Waals surface area contributed by atoms with Gasteiger partial charge in [-0.25, -0.2) is 22.8 Å². The second kappa shape index (κ2) is 35.4. The number of benzene rings is 10. The van der Waals surface area contributed by atoms with Crippen molar-refractivity contribution in [1.82, 2.24) is 0 Å². The fourth-order valence-corrected chi connectivity index (χ4v) is 14.3. The number of hydrogen-bond acceptors (Lipinski definition) is 0. The molecule has 5 nitrogen and oxygen atoms in total. The van der Waals surface area contributed by atoms with Crippen molar-refractivity contribution in [2.75, 3.05) is 0 Å². The first-order valence-corrected chi connectivity index (χ1v) is 37.4. The SMILES string of the molecule is Cc1cc(-c2cc(-c3ccccc3)ccc2C)[n+](C)cc1C.Cc1cc(-c2cc(-c3ccccc3)ccc2C)[n+](C)cc1C.Cc1cc(C)c(-c2cccc[n+]2C)cc1-c1ccccc1.Cc1ccc(-c2cc(-c3ccccc3)c(C)cc2C)[n+](C)c1.[2H]C([2H])([2H])c1ccc(-c2cc(-c3ccccc3)ccc2C)[n+](C)c1. The number of hydrogen-bond donors (Lipinski definition) is 0. The highest BCUT2D eigenvalue weighted by Crippen LogP contribution is 2.35. The first kappa shape index (κ1) is 72.9. The second-order valence-electron chi connectivity index (χ2n) is 29.0. The Hall–Kier alpha value is -12.1. The van der Waals surface area contributed by atoms with E-state index in [2.05, 4.69) is 409 Å². The number of pyridine rings is 5. The molecule has 0 radical (unpaired) electrons. The van der Waals surface area contributed by atoms with Crippen molar-refractivity contribution in [3.05, 3.63) is 388 Å². The van der Waals surface area contributed by atoms with Crippen LogP contribution in [-0.4, -0.2) is 0 Å². The minimum atomic E-state index is -2.09. The van der Waals surface area contributed by atoms with Gasteiger partial charge in [0.25, 0.3) is 0 Å². The number of nitrogens with zero attached hydrogens (tertiary/aromatic N) is 5. The van der Waals surface area contributed by atoms with E-state index in [1.54, 1.807) is 12.3 Å². The summed E-state index contributed by atoms with van der Waals surface area (Å²) < 4.78 is 33.4. The molecule has 0 atom stereocenters. The third-order valence-corrected chi connectivity index (χ3v) is 20.7. The van der Waals surface area contributed by atoms with Gasteiger partial charge in [-0.05, 0) is 244 Å². The zero-order chi connectivity index (χ0) is 79.2. The molecule has 0 unspecified atom stereocenters. The Morgan fingerprint density at radius 3 is 0.833 bits per heavy atom. The summed E-state index contributed by atoms with van der Waals surface area (Å²) >= 11 is 0. The standard InChI is InChI=1S/3C21H22N.2C20H20N/c2*1-15-10-11-19(18-8-6-5-7-9-18)13-20(15)21-12-16(2)17(3)14-22(21)4;1-15-10-11-21(22(4)14-15)20-13-19(16(2)12-17(20)3)18-8-6-5-7-9-18;1-15-13-16(2)19(20-11-7-8-12-21(20)3)14-18(15)17-9-5-4-6-10-17;1-15-9-12-20(21(3)14-15)19-13-18(11-10-16(19)2)17-7-5-4-6-8-17/h3*5-14H,1-4H3;2*4-14H,1-3H3/q5*+1/i;;;;1D3. The molecule has 15 aromatic rings. The summed E-state index contributed by atoms with van der Waals surface area (Å²) in [5, 5.41) is 0. The van der Waals surface area contributed by atoms with Crippen LogP contribution in [0.3, 0.4) is 0 Å². The van der Waals surface area contributed by atoms with Crippen LogP contribution in [0.4, 0.5) is 0 Å². The Labute approximate surface area is 648 Å². The molecule has 0 aliphatic rings. The monoisotopic (exact) mass is 1420 g/mol. The largest absolute Gasteiger partial charge is 0.212 e. The Bertz CT molecular complexity index is 5610. The summed E-state index contributed by atoms with van der Waals surface area (Å²) in [6.45, 7) is 23.9. The molecular weight excluding hydrogens is 1310 g/mol. The van der Waals surface area contributed by atoms with E-state index in [0.29, 0.717) is 5.56 Å². The van der Waals surface area contributed by atoms with E-state index in [1.807, 2.05) is 35.9 Å². The van der Waals surface area contributed by atoms with Crippen molar-refractivity contribution < 1.29 is 26.9 Å². The van der Waals surface area contributed by atoms with Crippen LogP contribution in [0.25, 0.3) is 112 Å². The van der Waals surface area contributed by atoms with E-state index in [4.69, 9.17) is 4.11 Å². The zero-order valence-corrected chi connectivity index (χ0v) is 66.3. The summed E-state index contributed by atoms with van der Waals surface area (Å²) in [5.74, 6) is 0. The summed E-state index contributed by atoms with van der Waals surface area (Å²) in [5.41, 5.74) is 40.8. The van der Waals surface area contributed by atoms with Gasteiger partial charge in [-0.3, -0.25) is 0 Å². The number of aryl methyl sites for hydroxylation is 18. The van der Waals surface area contributed by atoms with Gasteiger partial charge in [0.1, 0.15) is 35.2 Å². The quantitative estimate of drug-likeness (QED) is 0.122. The molecule has 0 spiro atoms. The lowest BCUT2D eigenvalue weighted by molar-refractivity contribution is -0.660. The molecule has 538 valence electrons.